The van der Waals surface area contributed by atoms with Crippen LogP contribution >= 0.6 is 0 Å². The Hall–Kier alpha value is -0.0800. The molecule has 1 fully saturated rings. The van der Waals surface area contributed by atoms with Gasteiger partial charge in [0.15, 0.2) is 0 Å². The molecule has 4 atom stereocenters. The van der Waals surface area contributed by atoms with Gasteiger partial charge in [-0.15, -0.1) is 0 Å². The second-order valence-corrected chi connectivity index (χ2v) is 5.55. The molecule has 1 aliphatic carbocycles. The highest BCUT2D eigenvalue weighted by molar-refractivity contribution is 4.86. The minimum absolute atomic E-state index is 0.220. The van der Waals surface area contributed by atoms with Crippen molar-refractivity contribution < 1.29 is 4.74 Å². The molecule has 1 saturated carbocycles. The Labute approximate surface area is 94.6 Å². The van der Waals surface area contributed by atoms with Crippen LogP contribution in [0.2, 0.25) is 0 Å². The first-order valence-electron chi connectivity index (χ1n) is 6.34. The molecule has 0 amide bonds. The van der Waals surface area contributed by atoms with Gasteiger partial charge < -0.3 is 10.5 Å². The molecule has 1 rings (SSSR count). The zero-order valence-corrected chi connectivity index (χ0v) is 10.7. The van der Waals surface area contributed by atoms with Crippen LogP contribution in [0, 0.1) is 17.8 Å². The van der Waals surface area contributed by atoms with E-state index in [9.17, 15) is 0 Å². The van der Waals surface area contributed by atoms with Crippen LogP contribution in [-0.4, -0.2) is 19.3 Å². The first-order chi connectivity index (χ1) is 7.06. The summed E-state index contributed by atoms with van der Waals surface area (Å²) in [7, 11) is 1.79. The van der Waals surface area contributed by atoms with Crippen LogP contribution in [0.3, 0.4) is 0 Å². The molecule has 1 aliphatic rings. The molecule has 4 unspecified atom stereocenters. The lowest BCUT2D eigenvalue weighted by molar-refractivity contribution is 0.0182. The molecule has 0 aromatic rings. The van der Waals surface area contributed by atoms with Gasteiger partial charge >= 0.3 is 0 Å². The van der Waals surface area contributed by atoms with Crippen molar-refractivity contribution >= 4 is 0 Å². The second kappa shape index (κ2) is 5.86. The van der Waals surface area contributed by atoms with E-state index in [-0.39, 0.29) is 12.1 Å². The molecular weight excluding hydrogens is 186 g/mol. The van der Waals surface area contributed by atoms with Crippen LogP contribution in [0.1, 0.15) is 46.5 Å². The number of ether oxygens (including phenoxy) is 1. The third kappa shape index (κ3) is 3.46. The molecule has 0 aromatic carbocycles. The Balaban J connectivity index is 2.53. The number of methoxy groups -OCH3 is 1. The summed E-state index contributed by atoms with van der Waals surface area (Å²) in [4.78, 5) is 0. The van der Waals surface area contributed by atoms with Crippen LogP contribution in [0.4, 0.5) is 0 Å². The molecule has 15 heavy (non-hydrogen) atoms. The maximum atomic E-state index is 6.34. The van der Waals surface area contributed by atoms with Crippen molar-refractivity contribution in [3.05, 3.63) is 0 Å². The monoisotopic (exact) mass is 213 g/mol. The lowest BCUT2D eigenvalue weighted by atomic mass is 9.76. The van der Waals surface area contributed by atoms with Gasteiger partial charge in [-0.2, -0.15) is 0 Å². The van der Waals surface area contributed by atoms with Crippen LogP contribution < -0.4 is 5.73 Å². The number of rotatable bonds is 4. The summed E-state index contributed by atoms with van der Waals surface area (Å²) in [6, 6.07) is 0.220. The first kappa shape index (κ1) is 13.0. The highest BCUT2D eigenvalue weighted by Crippen LogP contribution is 2.32. The lowest BCUT2D eigenvalue weighted by Crippen LogP contribution is -2.46. The van der Waals surface area contributed by atoms with Crippen molar-refractivity contribution in [2.75, 3.05) is 7.11 Å². The summed E-state index contributed by atoms with van der Waals surface area (Å²) < 4.78 is 5.54. The van der Waals surface area contributed by atoms with E-state index in [4.69, 9.17) is 10.5 Å². The smallest absolute Gasteiger partial charge is 0.0747 e. The number of hydrogen-bond acceptors (Lipinski definition) is 2. The minimum Gasteiger partial charge on any atom is -0.380 e. The zero-order chi connectivity index (χ0) is 11.4. The van der Waals surface area contributed by atoms with Crippen molar-refractivity contribution in [3.63, 3.8) is 0 Å². The van der Waals surface area contributed by atoms with Crippen molar-refractivity contribution in [1.82, 2.24) is 0 Å². The first-order valence-corrected chi connectivity index (χ1v) is 6.34. The summed E-state index contributed by atoms with van der Waals surface area (Å²) in [6.45, 7) is 6.73. The average Bonchev–Trinajstić information content (AvgIpc) is 2.18. The summed E-state index contributed by atoms with van der Waals surface area (Å²) in [5.41, 5.74) is 6.34. The molecule has 0 spiro atoms. The third-order valence-corrected chi connectivity index (χ3v) is 3.83. The Bertz CT molecular complexity index is 181. The maximum Gasteiger partial charge on any atom is 0.0747 e. The molecule has 0 radical (unpaired) electrons. The van der Waals surface area contributed by atoms with Crippen molar-refractivity contribution in [2.45, 2.75) is 58.6 Å². The summed E-state index contributed by atoms with van der Waals surface area (Å²) in [5.74, 6) is 2.03. The molecule has 90 valence electrons. The van der Waals surface area contributed by atoms with Gasteiger partial charge in [0.25, 0.3) is 0 Å². The molecule has 0 saturated heterocycles. The summed E-state index contributed by atoms with van der Waals surface area (Å²) in [5, 5.41) is 0. The number of nitrogens with two attached hydrogens (primary N) is 1. The molecular formula is C13H27NO. The quantitative estimate of drug-likeness (QED) is 0.779. The largest absolute Gasteiger partial charge is 0.380 e. The lowest BCUT2D eigenvalue weighted by Gasteiger charge is -2.36. The van der Waals surface area contributed by atoms with Gasteiger partial charge in [0, 0.05) is 13.2 Å². The van der Waals surface area contributed by atoms with Crippen LogP contribution in [0.5, 0.6) is 0 Å². The van der Waals surface area contributed by atoms with E-state index >= 15 is 0 Å². The van der Waals surface area contributed by atoms with E-state index in [1.54, 1.807) is 7.11 Å². The average molecular weight is 213 g/mol. The Morgan fingerprint density at radius 1 is 1.27 bits per heavy atom. The predicted octanol–water partition coefficient (Wildman–Crippen LogP) is 2.81. The van der Waals surface area contributed by atoms with Gasteiger partial charge in [-0.05, 0) is 30.6 Å². The fourth-order valence-corrected chi connectivity index (χ4v) is 2.97. The molecule has 2 heteroatoms. The number of hydrogen-bond donors (Lipinski definition) is 1. The van der Waals surface area contributed by atoms with Crippen LogP contribution in [-0.2, 0) is 4.74 Å². The van der Waals surface area contributed by atoms with Crippen LogP contribution in [0.15, 0.2) is 0 Å². The topological polar surface area (TPSA) is 35.2 Å². The Kier molecular flexibility index (Phi) is 5.07. The van der Waals surface area contributed by atoms with E-state index in [1.165, 1.54) is 25.7 Å². The molecule has 0 heterocycles. The van der Waals surface area contributed by atoms with Crippen molar-refractivity contribution in [1.29, 1.82) is 0 Å². The maximum absolute atomic E-state index is 6.34. The standard InChI is InChI=1S/C13H27NO/c1-9(2)13(15-4)12(14)11-7-5-6-10(3)8-11/h9-13H,5-8,14H2,1-4H3. The van der Waals surface area contributed by atoms with Gasteiger partial charge in [0.05, 0.1) is 6.10 Å². The molecule has 2 N–H and O–H groups in total. The normalized spacial score (nSPS) is 31.6. The highest BCUT2D eigenvalue weighted by atomic mass is 16.5. The molecule has 0 bridgehead atoms. The van der Waals surface area contributed by atoms with E-state index in [0.29, 0.717) is 11.8 Å². The van der Waals surface area contributed by atoms with Crippen molar-refractivity contribution in [3.8, 4) is 0 Å². The van der Waals surface area contributed by atoms with Gasteiger partial charge in [-0.25, -0.2) is 0 Å². The molecule has 0 aliphatic heterocycles. The van der Waals surface area contributed by atoms with E-state index in [1.807, 2.05) is 0 Å². The van der Waals surface area contributed by atoms with Crippen LogP contribution in [0.25, 0.3) is 0 Å². The highest BCUT2D eigenvalue weighted by Gasteiger charge is 2.31. The second-order valence-electron chi connectivity index (χ2n) is 5.55. The minimum atomic E-state index is 0.220. The van der Waals surface area contributed by atoms with Gasteiger partial charge in [-0.1, -0.05) is 33.6 Å². The SMILES string of the molecule is COC(C(C)C)C(N)C1CCCC(C)C1. The van der Waals surface area contributed by atoms with E-state index in [2.05, 4.69) is 20.8 Å². The van der Waals surface area contributed by atoms with Gasteiger partial charge in [-0.3, -0.25) is 0 Å². The van der Waals surface area contributed by atoms with E-state index in [0.717, 1.165) is 5.92 Å². The fourth-order valence-electron chi connectivity index (χ4n) is 2.97. The van der Waals surface area contributed by atoms with Gasteiger partial charge in [0.1, 0.15) is 0 Å². The zero-order valence-electron chi connectivity index (χ0n) is 10.7. The molecule has 0 aromatic heterocycles. The van der Waals surface area contributed by atoms with E-state index < -0.39 is 0 Å². The molecule has 2 nitrogen and oxygen atoms in total. The summed E-state index contributed by atoms with van der Waals surface area (Å²) in [6.07, 6.45) is 5.52. The summed E-state index contributed by atoms with van der Waals surface area (Å²) >= 11 is 0. The fraction of sp³-hybridized carbons (Fsp3) is 1.00. The van der Waals surface area contributed by atoms with Crippen molar-refractivity contribution in [2.24, 2.45) is 23.5 Å². The third-order valence-electron chi connectivity index (χ3n) is 3.83. The Morgan fingerprint density at radius 3 is 2.40 bits per heavy atom. The Morgan fingerprint density at radius 2 is 1.93 bits per heavy atom. The predicted molar refractivity (Wildman–Crippen MR) is 64.7 cm³/mol. The van der Waals surface area contributed by atoms with Gasteiger partial charge in [0.2, 0.25) is 0 Å².